The number of carbonyl (C=O) groups is 2. The topological polar surface area (TPSA) is 98.0 Å². The molecule has 1 amide bonds. The third kappa shape index (κ3) is 5.82. The van der Waals surface area contributed by atoms with Crippen LogP contribution < -0.4 is 4.80 Å². The van der Waals surface area contributed by atoms with Crippen LogP contribution in [0.25, 0.3) is 10.2 Å². The number of hydrogen-bond donors (Lipinski definition) is 0. The monoisotopic (exact) mass is 563 g/mol. The number of ether oxygens (including phenoxy) is 1. The van der Waals surface area contributed by atoms with Crippen LogP contribution in [0.15, 0.2) is 46.3 Å². The zero-order valence-corrected chi connectivity index (χ0v) is 23.5. The predicted octanol–water partition coefficient (Wildman–Crippen LogP) is 4.92. The van der Waals surface area contributed by atoms with Crippen molar-refractivity contribution in [1.29, 1.82) is 0 Å². The highest BCUT2D eigenvalue weighted by Crippen LogP contribution is 2.28. The smallest absolute Gasteiger partial charge is 0.326 e. The van der Waals surface area contributed by atoms with Crippen LogP contribution in [0.2, 0.25) is 5.02 Å². The number of carbonyl (C=O) groups excluding carboxylic acids is 2. The molecule has 0 atom stereocenters. The minimum atomic E-state index is -3.67. The van der Waals surface area contributed by atoms with Crippen molar-refractivity contribution in [1.82, 2.24) is 8.87 Å². The number of hydrogen-bond acceptors (Lipinski definition) is 6. The maximum absolute atomic E-state index is 13.1. The number of rotatable bonds is 7. The number of amides is 1. The van der Waals surface area contributed by atoms with Crippen molar-refractivity contribution in [2.45, 2.75) is 63.4 Å². The molecule has 8 nitrogen and oxygen atoms in total. The third-order valence-electron chi connectivity index (χ3n) is 6.69. The molecule has 0 saturated heterocycles. The van der Waals surface area contributed by atoms with Crippen LogP contribution in [0, 0.1) is 6.92 Å². The molecule has 2 aromatic carbocycles. The second-order valence-electron chi connectivity index (χ2n) is 9.05. The van der Waals surface area contributed by atoms with Gasteiger partial charge in [-0.3, -0.25) is 9.59 Å². The highest BCUT2D eigenvalue weighted by molar-refractivity contribution is 7.89. The molecule has 1 aliphatic carbocycles. The second kappa shape index (κ2) is 11.5. The molecule has 1 aliphatic rings. The van der Waals surface area contributed by atoms with Crippen LogP contribution in [0.1, 0.15) is 54.9 Å². The number of esters is 1. The fraction of sp³-hybridized carbons (Fsp3) is 0.423. The van der Waals surface area contributed by atoms with E-state index >= 15 is 0 Å². The lowest BCUT2D eigenvalue weighted by Crippen LogP contribution is -2.38. The SMILES string of the molecule is CCOC(=O)Cn1c(=NC(=O)c2ccc(S(=O)(=O)N(C)C3CCCCC3)cc2)sc2ccc(Cl)c(C)c21. The molecule has 0 N–H and O–H groups in total. The molecule has 1 fully saturated rings. The molecule has 11 heteroatoms. The molecule has 0 bridgehead atoms. The molecule has 4 rings (SSSR count). The average molecular weight is 564 g/mol. The average Bonchev–Trinajstić information content (AvgIpc) is 3.23. The Labute approximate surface area is 225 Å². The van der Waals surface area contributed by atoms with E-state index in [1.54, 1.807) is 24.6 Å². The minimum Gasteiger partial charge on any atom is -0.465 e. The van der Waals surface area contributed by atoms with Crippen molar-refractivity contribution in [2.24, 2.45) is 4.99 Å². The Bertz CT molecular complexity index is 1490. The molecule has 0 spiro atoms. The van der Waals surface area contributed by atoms with E-state index in [1.807, 2.05) is 13.0 Å². The summed E-state index contributed by atoms with van der Waals surface area (Å²) < 4.78 is 35.3. The van der Waals surface area contributed by atoms with Crippen molar-refractivity contribution < 1.29 is 22.7 Å². The van der Waals surface area contributed by atoms with E-state index in [0.717, 1.165) is 42.4 Å². The standard InChI is InChI=1S/C26H30ClN3O5S2/c1-4-35-23(31)16-30-24-17(2)21(27)14-15-22(24)36-26(30)28-25(32)18-10-12-20(13-11-18)37(33,34)29(3)19-8-6-5-7-9-19/h10-15,19H,4-9,16H2,1-3H3. The molecule has 1 heterocycles. The first-order chi connectivity index (χ1) is 17.6. The predicted molar refractivity (Wildman–Crippen MR) is 144 cm³/mol. The van der Waals surface area contributed by atoms with E-state index in [9.17, 15) is 18.0 Å². The van der Waals surface area contributed by atoms with Gasteiger partial charge in [0, 0.05) is 23.7 Å². The molecular weight excluding hydrogens is 534 g/mol. The molecule has 0 aliphatic heterocycles. The second-order valence-corrected chi connectivity index (χ2v) is 12.5. The molecule has 0 radical (unpaired) electrons. The summed E-state index contributed by atoms with van der Waals surface area (Å²) in [5.74, 6) is -0.996. The van der Waals surface area contributed by atoms with Gasteiger partial charge in [0.15, 0.2) is 4.80 Å². The van der Waals surface area contributed by atoms with E-state index < -0.39 is 21.9 Å². The summed E-state index contributed by atoms with van der Waals surface area (Å²) in [6.45, 7) is 3.68. The van der Waals surface area contributed by atoms with E-state index in [-0.39, 0.29) is 29.7 Å². The molecule has 1 aromatic heterocycles. The van der Waals surface area contributed by atoms with E-state index in [0.29, 0.717) is 15.3 Å². The van der Waals surface area contributed by atoms with Crippen LogP contribution in [0.5, 0.6) is 0 Å². The lowest BCUT2D eigenvalue weighted by atomic mass is 9.96. The summed E-state index contributed by atoms with van der Waals surface area (Å²) >= 11 is 7.58. The first-order valence-corrected chi connectivity index (χ1v) is 14.9. The third-order valence-corrected chi connectivity index (χ3v) is 10.1. The Morgan fingerprint density at radius 3 is 2.46 bits per heavy atom. The van der Waals surface area contributed by atoms with Crippen molar-refractivity contribution in [3.05, 3.63) is 57.3 Å². The number of nitrogens with zero attached hydrogens (tertiary/aromatic N) is 3. The van der Waals surface area contributed by atoms with E-state index in [1.165, 1.54) is 39.9 Å². The van der Waals surface area contributed by atoms with Crippen LogP contribution in [0.4, 0.5) is 0 Å². The largest absolute Gasteiger partial charge is 0.465 e. The van der Waals surface area contributed by atoms with Gasteiger partial charge in [-0.1, -0.05) is 42.2 Å². The lowest BCUT2D eigenvalue weighted by molar-refractivity contribution is -0.143. The number of fused-ring (bicyclic) bond motifs is 1. The number of benzene rings is 2. The number of sulfonamides is 1. The van der Waals surface area contributed by atoms with Crippen LogP contribution in [0.3, 0.4) is 0 Å². The Kier molecular flexibility index (Phi) is 8.52. The molecule has 198 valence electrons. The summed E-state index contributed by atoms with van der Waals surface area (Å²) in [6.07, 6.45) is 4.91. The number of aromatic nitrogens is 1. The zero-order valence-electron chi connectivity index (χ0n) is 21.1. The Morgan fingerprint density at radius 2 is 1.81 bits per heavy atom. The van der Waals surface area contributed by atoms with Gasteiger partial charge in [-0.2, -0.15) is 9.30 Å². The number of aryl methyl sites for hydroxylation is 1. The summed E-state index contributed by atoms with van der Waals surface area (Å²) in [5, 5.41) is 0.538. The Morgan fingerprint density at radius 1 is 1.14 bits per heavy atom. The molecule has 0 unspecified atom stereocenters. The summed E-state index contributed by atoms with van der Waals surface area (Å²) in [4.78, 5) is 30.1. The Hall–Kier alpha value is -2.53. The van der Waals surface area contributed by atoms with Crippen molar-refractivity contribution in [2.75, 3.05) is 13.7 Å². The number of thiazole rings is 1. The fourth-order valence-corrected chi connectivity index (χ4v) is 7.27. The lowest BCUT2D eigenvalue weighted by Gasteiger charge is -2.30. The van der Waals surface area contributed by atoms with Gasteiger partial charge in [-0.15, -0.1) is 0 Å². The van der Waals surface area contributed by atoms with Crippen molar-refractivity contribution in [3.8, 4) is 0 Å². The van der Waals surface area contributed by atoms with Crippen LogP contribution in [-0.4, -0.2) is 48.9 Å². The molecule has 3 aromatic rings. The highest BCUT2D eigenvalue weighted by Gasteiger charge is 2.29. The molecule has 37 heavy (non-hydrogen) atoms. The van der Waals surface area contributed by atoms with Crippen molar-refractivity contribution in [3.63, 3.8) is 0 Å². The summed E-state index contributed by atoms with van der Waals surface area (Å²) in [7, 11) is -2.04. The van der Waals surface area contributed by atoms with Gasteiger partial charge in [0.1, 0.15) is 6.54 Å². The van der Waals surface area contributed by atoms with Crippen LogP contribution in [-0.2, 0) is 26.1 Å². The first kappa shape index (κ1) is 27.5. The summed E-state index contributed by atoms with van der Waals surface area (Å²) in [6, 6.07) is 9.41. The summed E-state index contributed by atoms with van der Waals surface area (Å²) in [5.41, 5.74) is 1.73. The van der Waals surface area contributed by atoms with Gasteiger partial charge < -0.3 is 9.30 Å². The molecular formula is C26H30ClN3O5S2. The normalized spacial score (nSPS) is 15.4. The fourth-order valence-electron chi connectivity index (χ4n) is 4.61. The van der Waals surface area contributed by atoms with Gasteiger partial charge >= 0.3 is 5.97 Å². The zero-order chi connectivity index (χ0) is 26.7. The van der Waals surface area contributed by atoms with Crippen molar-refractivity contribution >= 4 is 55.1 Å². The van der Waals surface area contributed by atoms with Gasteiger partial charge in [-0.05, 0) is 68.7 Å². The molecule has 1 saturated carbocycles. The van der Waals surface area contributed by atoms with E-state index in [2.05, 4.69) is 4.99 Å². The minimum absolute atomic E-state index is 0.00479. The van der Waals surface area contributed by atoms with Crippen LogP contribution >= 0.6 is 22.9 Å². The van der Waals surface area contributed by atoms with E-state index in [4.69, 9.17) is 16.3 Å². The number of halogens is 1. The highest BCUT2D eigenvalue weighted by atomic mass is 35.5. The van der Waals surface area contributed by atoms with Gasteiger partial charge in [0.05, 0.1) is 21.7 Å². The van der Waals surface area contributed by atoms with Gasteiger partial charge in [-0.25, -0.2) is 8.42 Å². The maximum atomic E-state index is 13.1. The Balaban J connectivity index is 1.66. The van der Waals surface area contributed by atoms with Gasteiger partial charge in [0.25, 0.3) is 5.91 Å². The van der Waals surface area contributed by atoms with Gasteiger partial charge in [0.2, 0.25) is 10.0 Å². The maximum Gasteiger partial charge on any atom is 0.326 e. The quantitative estimate of drug-likeness (QED) is 0.380. The first-order valence-electron chi connectivity index (χ1n) is 12.2.